The molecular weight excluding hydrogens is 247 g/mol. The van der Waals surface area contributed by atoms with Crippen molar-refractivity contribution in [3.05, 3.63) is 0 Å². The van der Waals surface area contributed by atoms with Crippen molar-refractivity contribution in [3.63, 3.8) is 0 Å². The molecule has 0 aromatic carbocycles. The van der Waals surface area contributed by atoms with E-state index in [1.807, 2.05) is 0 Å². The van der Waals surface area contributed by atoms with Gasteiger partial charge in [-0.1, -0.05) is 23.2 Å². The Balaban J connectivity index is 4.09. The first kappa shape index (κ1) is 13.4. The second-order valence-corrected chi connectivity index (χ2v) is 4.29. The molecule has 0 aromatic rings. The summed E-state index contributed by atoms with van der Waals surface area (Å²) in [5.41, 5.74) is -1.28. The standard InChI is InChI=1S/C4H8Cl2O6S/c5-3(7)1-2-4(6,8)12-13(9,10)11/h3,7-8H,1-2H2,(H,9,10,11)/t3-,4+/m0/s1. The van der Waals surface area contributed by atoms with Crippen molar-refractivity contribution in [3.8, 4) is 0 Å². The summed E-state index contributed by atoms with van der Waals surface area (Å²) in [5.74, 6) is 0. The Hall–Kier alpha value is 0.370. The van der Waals surface area contributed by atoms with Crippen molar-refractivity contribution in [2.45, 2.75) is 23.7 Å². The Morgan fingerprint density at radius 3 is 2.31 bits per heavy atom. The predicted molar refractivity (Wildman–Crippen MR) is 44.5 cm³/mol. The van der Waals surface area contributed by atoms with Crippen LogP contribution in [0.2, 0.25) is 0 Å². The highest BCUT2D eigenvalue weighted by Gasteiger charge is 2.31. The first-order valence-electron chi connectivity index (χ1n) is 3.04. The van der Waals surface area contributed by atoms with Gasteiger partial charge in [-0.05, 0) is 6.42 Å². The monoisotopic (exact) mass is 254 g/mol. The quantitative estimate of drug-likeness (QED) is 0.363. The molecule has 0 fully saturated rings. The largest absolute Gasteiger partial charge is 0.401 e. The van der Waals surface area contributed by atoms with Crippen LogP contribution in [-0.2, 0) is 14.6 Å². The smallest absolute Gasteiger partial charge is 0.378 e. The minimum absolute atomic E-state index is 0.197. The third kappa shape index (κ3) is 8.69. The summed E-state index contributed by atoms with van der Waals surface area (Å²) in [7, 11) is -4.84. The highest BCUT2D eigenvalue weighted by Crippen LogP contribution is 2.23. The molecule has 0 saturated carbocycles. The van der Waals surface area contributed by atoms with Crippen LogP contribution in [-0.4, -0.2) is 34.0 Å². The van der Waals surface area contributed by atoms with Gasteiger partial charge in [0, 0.05) is 6.42 Å². The lowest BCUT2D eigenvalue weighted by Gasteiger charge is -2.18. The Morgan fingerprint density at radius 1 is 1.54 bits per heavy atom. The van der Waals surface area contributed by atoms with Gasteiger partial charge < -0.3 is 10.2 Å². The Morgan fingerprint density at radius 2 is 2.00 bits per heavy atom. The van der Waals surface area contributed by atoms with E-state index in [-0.39, 0.29) is 6.42 Å². The molecule has 0 rings (SSSR count). The van der Waals surface area contributed by atoms with Crippen molar-refractivity contribution in [2.75, 3.05) is 0 Å². The van der Waals surface area contributed by atoms with Crippen molar-refractivity contribution >= 4 is 33.6 Å². The number of aliphatic hydroxyl groups excluding tert-OH is 1. The number of aliphatic hydroxyl groups is 2. The van der Waals surface area contributed by atoms with Crippen molar-refractivity contribution in [1.82, 2.24) is 0 Å². The second-order valence-electron chi connectivity index (χ2n) is 2.17. The fourth-order valence-corrected chi connectivity index (χ4v) is 1.36. The van der Waals surface area contributed by atoms with Crippen LogP contribution in [0.1, 0.15) is 12.8 Å². The van der Waals surface area contributed by atoms with Crippen LogP contribution < -0.4 is 0 Å². The summed E-state index contributed by atoms with van der Waals surface area (Å²) in [4.78, 5) is 0. The predicted octanol–water partition coefficient (Wildman–Crippen LogP) is 0.0281. The van der Waals surface area contributed by atoms with Gasteiger partial charge in [0.15, 0.2) is 0 Å². The first-order valence-corrected chi connectivity index (χ1v) is 5.22. The second kappa shape index (κ2) is 4.74. The summed E-state index contributed by atoms with van der Waals surface area (Å²) in [6.45, 7) is 0. The first-order chi connectivity index (χ1) is 5.62. The number of halogens is 2. The summed E-state index contributed by atoms with van der Waals surface area (Å²) in [6, 6.07) is 0. The average Bonchev–Trinajstić information content (AvgIpc) is 1.78. The van der Waals surface area contributed by atoms with E-state index in [1.165, 1.54) is 0 Å². The number of hydrogen-bond acceptors (Lipinski definition) is 5. The molecule has 0 aliphatic rings. The zero-order chi connectivity index (χ0) is 10.7. The van der Waals surface area contributed by atoms with E-state index in [1.54, 1.807) is 0 Å². The molecule has 6 nitrogen and oxygen atoms in total. The molecule has 9 heteroatoms. The van der Waals surface area contributed by atoms with Crippen LogP contribution in [0.5, 0.6) is 0 Å². The third-order valence-electron chi connectivity index (χ3n) is 0.924. The molecule has 0 spiro atoms. The molecule has 0 bridgehead atoms. The van der Waals surface area contributed by atoms with E-state index in [4.69, 9.17) is 38.0 Å². The van der Waals surface area contributed by atoms with Crippen LogP contribution in [0.25, 0.3) is 0 Å². The summed E-state index contributed by atoms with van der Waals surface area (Å²) in [6.07, 6.45) is -0.657. The molecule has 0 radical (unpaired) electrons. The van der Waals surface area contributed by atoms with E-state index < -0.39 is 27.6 Å². The Labute approximate surface area is 85.0 Å². The lowest BCUT2D eigenvalue weighted by atomic mass is 10.3. The molecule has 13 heavy (non-hydrogen) atoms. The lowest BCUT2D eigenvalue weighted by molar-refractivity contribution is -0.0725. The van der Waals surface area contributed by atoms with E-state index >= 15 is 0 Å². The molecule has 0 aliphatic heterocycles. The lowest BCUT2D eigenvalue weighted by Crippen LogP contribution is -2.29. The van der Waals surface area contributed by atoms with Crippen molar-refractivity contribution in [1.29, 1.82) is 0 Å². The number of rotatable bonds is 5. The van der Waals surface area contributed by atoms with Crippen molar-refractivity contribution < 1.29 is 27.4 Å². The zero-order valence-electron chi connectivity index (χ0n) is 6.22. The minimum atomic E-state index is -4.84. The topological polar surface area (TPSA) is 104 Å². The molecule has 2 atom stereocenters. The number of hydrogen-bond donors (Lipinski definition) is 3. The highest BCUT2D eigenvalue weighted by atomic mass is 35.5. The fourth-order valence-electron chi connectivity index (χ4n) is 0.500. The van der Waals surface area contributed by atoms with E-state index in [0.717, 1.165) is 0 Å². The van der Waals surface area contributed by atoms with Crippen LogP contribution in [0, 0.1) is 0 Å². The Kier molecular flexibility index (Phi) is 4.87. The van der Waals surface area contributed by atoms with Gasteiger partial charge in [-0.3, -0.25) is 4.55 Å². The van der Waals surface area contributed by atoms with Crippen LogP contribution in [0.4, 0.5) is 0 Å². The number of alkyl halides is 2. The molecule has 0 saturated heterocycles. The zero-order valence-corrected chi connectivity index (χ0v) is 8.55. The highest BCUT2D eigenvalue weighted by molar-refractivity contribution is 7.81. The van der Waals surface area contributed by atoms with Gasteiger partial charge in [0.1, 0.15) is 5.56 Å². The molecule has 0 heterocycles. The SMILES string of the molecule is O=S(=O)(O)O[C@@](O)(Cl)CC[C@H](O)Cl. The maximum atomic E-state index is 10.1. The van der Waals surface area contributed by atoms with E-state index in [0.29, 0.717) is 0 Å². The van der Waals surface area contributed by atoms with Gasteiger partial charge in [0.25, 0.3) is 5.25 Å². The van der Waals surface area contributed by atoms with Gasteiger partial charge in [-0.15, -0.1) is 0 Å². The molecule has 0 aliphatic carbocycles. The van der Waals surface area contributed by atoms with E-state index in [2.05, 4.69) is 4.18 Å². The van der Waals surface area contributed by atoms with Gasteiger partial charge in [0.2, 0.25) is 0 Å². The molecule has 0 aromatic heterocycles. The molecule has 80 valence electrons. The van der Waals surface area contributed by atoms with Gasteiger partial charge in [-0.2, -0.15) is 12.6 Å². The molecule has 3 N–H and O–H groups in total. The summed E-state index contributed by atoms with van der Waals surface area (Å²) in [5, 5.41) is 14.9. The maximum Gasteiger partial charge on any atom is 0.401 e. The molecule has 0 amide bonds. The van der Waals surface area contributed by atoms with Crippen LogP contribution in [0.3, 0.4) is 0 Å². The summed E-state index contributed by atoms with van der Waals surface area (Å²) >= 11 is 10.2. The minimum Gasteiger partial charge on any atom is -0.378 e. The fraction of sp³-hybridized carbons (Fsp3) is 1.00. The van der Waals surface area contributed by atoms with Gasteiger partial charge >= 0.3 is 10.4 Å². The Bertz CT molecular complexity index is 247. The normalized spacial score (nSPS) is 19.5. The third-order valence-corrected chi connectivity index (χ3v) is 1.99. The van der Waals surface area contributed by atoms with Crippen LogP contribution in [0.15, 0.2) is 0 Å². The summed E-state index contributed by atoms with van der Waals surface area (Å²) < 4.78 is 32.0. The molecular formula is C4H8Cl2O6S. The van der Waals surface area contributed by atoms with Crippen LogP contribution >= 0.6 is 23.2 Å². The average molecular weight is 255 g/mol. The maximum absolute atomic E-state index is 10.1. The van der Waals surface area contributed by atoms with E-state index in [9.17, 15) is 8.42 Å². The van der Waals surface area contributed by atoms with Crippen molar-refractivity contribution in [2.24, 2.45) is 0 Å². The van der Waals surface area contributed by atoms with Gasteiger partial charge in [0.05, 0.1) is 0 Å². The molecule has 0 unspecified atom stereocenters. The van der Waals surface area contributed by atoms with Gasteiger partial charge in [-0.25, -0.2) is 0 Å².